The monoisotopic (exact) mass is 166 g/mol. The Hall–Kier alpha value is -0.900. The summed E-state index contributed by atoms with van der Waals surface area (Å²) in [5.41, 5.74) is 0. The van der Waals surface area contributed by atoms with Crippen molar-refractivity contribution in [1.82, 2.24) is 19.7 Å². The molecule has 4 heteroatoms. The molecular weight excluding hydrogens is 152 g/mol. The van der Waals surface area contributed by atoms with Gasteiger partial charge in [0.25, 0.3) is 0 Å². The van der Waals surface area contributed by atoms with Gasteiger partial charge in [-0.3, -0.25) is 0 Å². The van der Waals surface area contributed by atoms with Crippen molar-refractivity contribution in [2.45, 2.75) is 19.4 Å². The first-order valence-electron chi connectivity index (χ1n) is 4.46. The second kappa shape index (κ2) is 3.23. The number of rotatable bonds is 2. The summed E-state index contributed by atoms with van der Waals surface area (Å²) in [7, 11) is 0. The average molecular weight is 166 g/mol. The van der Waals surface area contributed by atoms with Crippen LogP contribution in [-0.2, 0) is 0 Å². The minimum atomic E-state index is 0.597. The lowest BCUT2D eigenvalue weighted by Crippen LogP contribution is -2.20. The van der Waals surface area contributed by atoms with Crippen LogP contribution in [0.2, 0.25) is 0 Å². The van der Waals surface area contributed by atoms with Crippen LogP contribution >= 0.6 is 0 Å². The lowest BCUT2D eigenvalue weighted by atomic mass is 10.3. The van der Waals surface area contributed by atoms with Gasteiger partial charge in [-0.15, -0.1) is 10.2 Å². The van der Waals surface area contributed by atoms with Gasteiger partial charge in [-0.1, -0.05) is 6.92 Å². The minimum Gasteiger partial charge on any atom is -0.316 e. The fraction of sp³-hybridized carbons (Fsp3) is 0.750. The molecule has 1 fully saturated rings. The average Bonchev–Trinajstić information content (AvgIpc) is 2.75. The van der Waals surface area contributed by atoms with E-state index in [1.165, 1.54) is 13.0 Å². The van der Waals surface area contributed by atoms with E-state index in [1.807, 2.05) is 12.7 Å². The van der Waals surface area contributed by atoms with E-state index in [1.54, 1.807) is 0 Å². The van der Waals surface area contributed by atoms with Crippen LogP contribution in [0.3, 0.4) is 0 Å². The summed E-state index contributed by atoms with van der Waals surface area (Å²) >= 11 is 0. The molecule has 1 unspecified atom stereocenters. The highest BCUT2D eigenvalue weighted by Gasteiger charge is 2.21. The molecule has 0 amide bonds. The highest BCUT2D eigenvalue weighted by molar-refractivity contribution is 4.81. The van der Waals surface area contributed by atoms with E-state index in [2.05, 4.69) is 26.6 Å². The predicted molar refractivity (Wildman–Crippen MR) is 45.8 cm³/mol. The number of hydrogen-bond donors (Lipinski definition) is 0. The molecule has 0 saturated carbocycles. The maximum Gasteiger partial charge on any atom is 0.119 e. The van der Waals surface area contributed by atoms with Crippen molar-refractivity contribution >= 4 is 0 Å². The van der Waals surface area contributed by atoms with Crippen LogP contribution in [0, 0.1) is 0 Å². The van der Waals surface area contributed by atoms with Crippen molar-refractivity contribution in [1.29, 1.82) is 0 Å². The van der Waals surface area contributed by atoms with Crippen LogP contribution in [0.25, 0.3) is 0 Å². The number of hydrogen-bond acceptors (Lipinski definition) is 3. The molecule has 12 heavy (non-hydrogen) atoms. The molecule has 0 N–H and O–H groups in total. The van der Waals surface area contributed by atoms with Crippen molar-refractivity contribution < 1.29 is 0 Å². The Morgan fingerprint density at radius 2 is 2.17 bits per heavy atom. The number of likely N-dealkylation sites (N-methyl/N-ethyl adjacent to an activating group) is 1. The van der Waals surface area contributed by atoms with Crippen LogP contribution in [0.1, 0.15) is 19.4 Å². The lowest BCUT2D eigenvalue weighted by Gasteiger charge is -2.12. The normalized spacial score (nSPS) is 24.9. The minimum absolute atomic E-state index is 0.597. The van der Waals surface area contributed by atoms with E-state index in [-0.39, 0.29) is 0 Å². The van der Waals surface area contributed by atoms with Gasteiger partial charge in [0.05, 0.1) is 0 Å². The first-order valence-corrected chi connectivity index (χ1v) is 4.46. The molecule has 1 atom stereocenters. The quantitative estimate of drug-likeness (QED) is 0.643. The molecule has 1 aromatic heterocycles. The molecule has 1 aliphatic heterocycles. The molecule has 1 aliphatic rings. The predicted octanol–water partition coefficient (Wildman–Crippen LogP) is 0.545. The van der Waals surface area contributed by atoms with E-state index >= 15 is 0 Å². The Balaban J connectivity index is 2.00. The summed E-state index contributed by atoms with van der Waals surface area (Å²) in [6, 6.07) is 0.597. The van der Waals surface area contributed by atoms with Crippen LogP contribution in [0.15, 0.2) is 12.7 Å². The zero-order valence-corrected chi connectivity index (χ0v) is 7.35. The molecule has 66 valence electrons. The second-order valence-electron chi connectivity index (χ2n) is 3.24. The summed E-state index contributed by atoms with van der Waals surface area (Å²) in [6.07, 6.45) is 4.85. The molecule has 0 radical (unpaired) electrons. The largest absolute Gasteiger partial charge is 0.316 e. The zero-order chi connectivity index (χ0) is 8.39. The molecule has 0 aliphatic carbocycles. The molecule has 4 nitrogen and oxygen atoms in total. The lowest BCUT2D eigenvalue weighted by molar-refractivity contribution is 0.341. The van der Waals surface area contributed by atoms with Crippen molar-refractivity contribution in [3.05, 3.63) is 12.7 Å². The summed E-state index contributed by atoms with van der Waals surface area (Å²) in [5, 5.41) is 7.62. The van der Waals surface area contributed by atoms with Gasteiger partial charge in [0.2, 0.25) is 0 Å². The third-order valence-corrected chi connectivity index (χ3v) is 2.55. The van der Waals surface area contributed by atoms with E-state index < -0.39 is 0 Å². The van der Waals surface area contributed by atoms with Gasteiger partial charge in [-0.05, 0) is 13.0 Å². The highest BCUT2D eigenvalue weighted by Crippen LogP contribution is 2.19. The second-order valence-corrected chi connectivity index (χ2v) is 3.24. The molecule has 0 aromatic carbocycles. The van der Waals surface area contributed by atoms with Gasteiger partial charge in [0.1, 0.15) is 12.7 Å². The molecule has 0 spiro atoms. The van der Waals surface area contributed by atoms with Crippen molar-refractivity contribution in [3.63, 3.8) is 0 Å². The maximum atomic E-state index is 3.81. The van der Waals surface area contributed by atoms with Crippen LogP contribution in [-0.4, -0.2) is 39.3 Å². The smallest absolute Gasteiger partial charge is 0.119 e. The summed E-state index contributed by atoms with van der Waals surface area (Å²) in [5.74, 6) is 0. The SMILES string of the molecule is CCN1CCC(n2cnnc2)C1. The Kier molecular flexibility index (Phi) is 2.08. The van der Waals surface area contributed by atoms with Crippen molar-refractivity contribution in [2.24, 2.45) is 0 Å². The first-order chi connectivity index (χ1) is 5.90. The highest BCUT2D eigenvalue weighted by atomic mass is 15.3. The molecule has 2 rings (SSSR count). The van der Waals surface area contributed by atoms with Gasteiger partial charge in [0, 0.05) is 19.1 Å². The van der Waals surface area contributed by atoms with E-state index in [4.69, 9.17) is 0 Å². The Morgan fingerprint density at radius 3 is 2.75 bits per heavy atom. The standard InChI is InChI=1S/C8H14N4/c1-2-11-4-3-8(5-11)12-6-9-10-7-12/h6-8H,2-5H2,1H3. The van der Waals surface area contributed by atoms with E-state index in [9.17, 15) is 0 Å². The molecular formula is C8H14N4. The Morgan fingerprint density at radius 1 is 1.42 bits per heavy atom. The molecule has 2 heterocycles. The Bertz CT molecular complexity index is 231. The summed E-state index contributed by atoms with van der Waals surface area (Å²) in [6.45, 7) is 5.71. The van der Waals surface area contributed by atoms with Crippen molar-refractivity contribution in [3.8, 4) is 0 Å². The zero-order valence-electron chi connectivity index (χ0n) is 7.35. The number of nitrogens with zero attached hydrogens (tertiary/aromatic N) is 4. The van der Waals surface area contributed by atoms with Gasteiger partial charge in [-0.2, -0.15) is 0 Å². The third kappa shape index (κ3) is 1.34. The van der Waals surface area contributed by atoms with Gasteiger partial charge >= 0.3 is 0 Å². The first kappa shape index (κ1) is 7.73. The maximum absolute atomic E-state index is 3.81. The van der Waals surface area contributed by atoms with Crippen LogP contribution in [0.4, 0.5) is 0 Å². The topological polar surface area (TPSA) is 34.0 Å². The summed E-state index contributed by atoms with van der Waals surface area (Å²) < 4.78 is 2.11. The number of aromatic nitrogens is 3. The molecule has 0 bridgehead atoms. The van der Waals surface area contributed by atoms with Crippen LogP contribution < -0.4 is 0 Å². The molecule has 1 saturated heterocycles. The summed E-state index contributed by atoms with van der Waals surface area (Å²) in [4.78, 5) is 2.45. The van der Waals surface area contributed by atoms with Gasteiger partial charge in [0.15, 0.2) is 0 Å². The van der Waals surface area contributed by atoms with Gasteiger partial charge in [-0.25, -0.2) is 0 Å². The van der Waals surface area contributed by atoms with Gasteiger partial charge < -0.3 is 9.47 Å². The van der Waals surface area contributed by atoms with Crippen molar-refractivity contribution in [2.75, 3.05) is 19.6 Å². The fourth-order valence-corrected chi connectivity index (χ4v) is 1.74. The number of likely N-dealkylation sites (tertiary alicyclic amines) is 1. The fourth-order valence-electron chi connectivity index (χ4n) is 1.74. The Labute approximate surface area is 72.2 Å². The third-order valence-electron chi connectivity index (χ3n) is 2.55. The van der Waals surface area contributed by atoms with E-state index in [0.29, 0.717) is 6.04 Å². The molecule has 1 aromatic rings. The van der Waals surface area contributed by atoms with E-state index in [0.717, 1.165) is 13.1 Å². The van der Waals surface area contributed by atoms with Crippen LogP contribution in [0.5, 0.6) is 0 Å².